The van der Waals surface area contributed by atoms with E-state index in [4.69, 9.17) is 9.15 Å². The highest BCUT2D eigenvalue weighted by Gasteiger charge is 2.17. The molecule has 0 radical (unpaired) electrons. The van der Waals surface area contributed by atoms with Crippen LogP contribution in [0, 0.1) is 0 Å². The molecule has 0 bridgehead atoms. The van der Waals surface area contributed by atoms with Crippen molar-refractivity contribution in [3.63, 3.8) is 0 Å². The van der Waals surface area contributed by atoms with Crippen LogP contribution in [0.2, 0.25) is 0 Å². The molecule has 0 aliphatic rings. The molecule has 1 heterocycles. The number of hydrogen-bond acceptors (Lipinski definition) is 3. The van der Waals surface area contributed by atoms with Gasteiger partial charge in [-0.25, -0.2) is 0 Å². The van der Waals surface area contributed by atoms with E-state index in [1.807, 2.05) is 12.1 Å². The van der Waals surface area contributed by atoms with Gasteiger partial charge in [-0.05, 0) is 33.3 Å². The second kappa shape index (κ2) is 6.91. The van der Waals surface area contributed by atoms with Crippen LogP contribution >= 0.6 is 0 Å². The summed E-state index contributed by atoms with van der Waals surface area (Å²) in [6, 6.07) is 8.45. The van der Waals surface area contributed by atoms with E-state index in [2.05, 4.69) is 45.1 Å². The van der Waals surface area contributed by atoms with E-state index in [1.54, 1.807) is 0 Å². The molecule has 1 unspecified atom stereocenters. The van der Waals surface area contributed by atoms with Crippen molar-refractivity contribution in [2.75, 3.05) is 13.2 Å². The van der Waals surface area contributed by atoms with Crippen LogP contribution in [-0.4, -0.2) is 19.3 Å². The van der Waals surface area contributed by atoms with Gasteiger partial charge in [0.15, 0.2) is 0 Å². The highest BCUT2D eigenvalue weighted by atomic mass is 16.5. The lowest BCUT2D eigenvalue weighted by molar-refractivity contribution is 0.0792. The van der Waals surface area contributed by atoms with Crippen LogP contribution in [0.3, 0.4) is 0 Å². The number of ether oxygens (including phenoxy) is 1. The molecule has 0 saturated carbocycles. The van der Waals surface area contributed by atoms with Crippen LogP contribution in [0.1, 0.15) is 45.1 Å². The zero-order valence-corrected chi connectivity index (χ0v) is 12.9. The van der Waals surface area contributed by atoms with E-state index in [-0.39, 0.29) is 12.1 Å². The summed E-state index contributed by atoms with van der Waals surface area (Å²) in [4.78, 5) is 0. The monoisotopic (exact) mass is 275 g/mol. The van der Waals surface area contributed by atoms with Crippen LogP contribution in [0.15, 0.2) is 28.7 Å². The maximum atomic E-state index is 6.03. The molecule has 0 aliphatic carbocycles. The van der Waals surface area contributed by atoms with Gasteiger partial charge in [-0.3, -0.25) is 0 Å². The molecule has 3 nitrogen and oxygen atoms in total. The number of fused-ring (bicyclic) bond motifs is 1. The maximum absolute atomic E-state index is 6.03. The smallest absolute Gasteiger partial charge is 0.134 e. The summed E-state index contributed by atoms with van der Waals surface area (Å²) in [6.07, 6.45) is 1.27. The molecule has 0 amide bonds. The predicted octanol–water partition coefficient (Wildman–Crippen LogP) is 4.07. The largest absolute Gasteiger partial charge is 0.459 e. The third-order valence-corrected chi connectivity index (χ3v) is 3.48. The SMILES string of the molecule is CCc1c(C(C)NCCOC(C)C)oc2ccccc12. The molecule has 2 rings (SSSR count). The van der Waals surface area contributed by atoms with Gasteiger partial charge in [-0.1, -0.05) is 25.1 Å². The number of para-hydroxylation sites is 1. The van der Waals surface area contributed by atoms with Gasteiger partial charge in [0.2, 0.25) is 0 Å². The van der Waals surface area contributed by atoms with Crippen molar-refractivity contribution in [1.82, 2.24) is 5.32 Å². The molecule has 1 atom stereocenters. The summed E-state index contributed by atoms with van der Waals surface area (Å²) < 4.78 is 11.6. The molecule has 0 spiro atoms. The van der Waals surface area contributed by atoms with Crippen LogP contribution in [0.4, 0.5) is 0 Å². The molecule has 0 aliphatic heterocycles. The minimum atomic E-state index is 0.202. The number of furan rings is 1. The fourth-order valence-corrected chi connectivity index (χ4v) is 2.49. The fourth-order valence-electron chi connectivity index (χ4n) is 2.49. The average molecular weight is 275 g/mol. The van der Waals surface area contributed by atoms with E-state index in [1.165, 1.54) is 10.9 Å². The van der Waals surface area contributed by atoms with Crippen molar-refractivity contribution in [2.24, 2.45) is 0 Å². The molecule has 20 heavy (non-hydrogen) atoms. The van der Waals surface area contributed by atoms with E-state index in [0.717, 1.165) is 30.9 Å². The lowest BCUT2D eigenvalue weighted by Gasteiger charge is -2.14. The van der Waals surface area contributed by atoms with Gasteiger partial charge in [-0.15, -0.1) is 0 Å². The Morgan fingerprint density at radius 3 is 2.65 bits per heavy atom. The minimum Gasteiger partial charge on any atom is -0.459 e. The number of aryl methyl sites for hydroxylation is 1. The van der Waals surface area contributed by atoms with Crippen LogP contribution in [0.5, 0.6) is 0 Å². The lowest BCUT2D eigenvalue weighted by atomic mass is 10.1. The Hall–Kier alpha value is -1.32. The Kier molecular flexibility index (Phi) is 5.21. The highest BCUT2D eigenvalue weighted by molar-refractivity contribution is 5.82. The van der Waals surface area contributed by atoms with Crippen molar-refractivity contribution < 1.29 is 9.15 Å². The molecule has 1 N–H and O–H groups in total. The maximum Gasteiger partial charge on any atom is 0.134 e. The van der Waals surface area contributed by atoms with Crippen molar-refractivity contribution in [3.05, 3.63) is 35.6 Å². The molecule has 0 saturated heterocycles. The predicted molar refractivity (Wildman–Crippen MR) is 83.1 cm³/mol. The van der Waals surface area contributed by atoms with Gasteiger partial charge < -0.3 is 14.5 Å². The number of rotatable bonds is 7. The Bertz CT molecular complexity index is 545. The summed E-state index contributed by atoms with van der Waals surface area (Å²) in [5.74, 6) is 1.05. The van der Waals surface area contributed by atoms with Gasteiger partial charge in [0.05, 0.1) is 18.8 Å². The first-order chi connectivity index (χ1) is 9.63. The number of benzene rings is 1. The minimum absolute atomic E-state index is 0.202. The first-order valence-corrected chi connectivity index (χ1v) is 7.48. The molecule has 2 aromatic rings. The topological polar surface area (TPSA) is 34.4 Å². The van der Waals surface area contributed by atoms with Gasteiger partial charge in [0.25, 0.3) is 0 Å². The summed E-state index contributed by atoms with van der Waals surface area (Å²) in [6.45, 7) is 9.99. The van der Waals surface area contributed by atoms with Gasteiger partial charge in [-0.2, -0.15) is 0 Å². The zero-order chi connectivity index (χ0) is 14.5. The zero-order valence-electron chi connectivity index (χ0n) is 12.9. The van der Waals surface area contributed by atoms with Crippen LogP contribution in [0.25, 0.3) is 11.0 Å². The Labute approximate surface area is 121 Å². The Balaban J connectivity index is 2.07. The standard InChI is InChI=1S/C17H25NO2/c1-5-14-15-8-6-7-9-16(15)20-17(14)13(4)18-10-11-19-12(2)3/h6-9,12-13,18H,5,10-11H2,1-4H3. The van der Waals surface area contributed by atoms with E-state index in [9.17, 15) is 0 Å². The summed E-state index contributed by atoms with van der Waals surface area (Å²) >= 11 is 0. The lowest BCUT2D eigenvalue weighted by Crippen LogP contribution is -2.24. The van der Waals surface area contributed by atoms with Crippen molar-refractivity contribution in [3.8, 4) is 0 Å². The molecule has 3 heteroatoms. The number of hydrogen-bond donors (Lipinski definition) is 1. The first kappa shape index (κ1) is 15.1. The number of nitrogens with one attached hydrogen (secondary N) is 1. The van der Waals surface area contributed by atoms with E-state index < -0.39 is 0 Å². The highest BCUT2D eigenvalue weighted by Crippen LogP contribution is 2.30. The summed E-state index contributed by atoms with van der Waals surface area (Å²) in [7, 11) is 0. The van der Waals surface area contributed by atoms with Crippen LogP contribution < -0.4 is 5.32 Å². The van der Waals surface area contributed by atoms with Crippen LogP contribution in [-0.2, 0) is 11.2 Å². The van der Waals surface area contributed by atoms with Crippen molar-refractivity contribution in [1.29, 1.82) is 0 Å². The molecular formula is C17H25NO2. The summed E-state index contributed by atoms with van der Waals surface area (Å²) in [5, 5.41) is 4.70. The summed E-state index contributed by atoms with van der Waals surface area (Å²) in [5.41, 5.74) is 2.29. The molecular weight excluding hydrogens is 250 g/mol. The molecule has 1 aromatic carbocycles. The van der Waals surface area contributed by atoms with Crippen molar-refractivity contribution in [2.45, 2.75) is 46.3 Å². The van der Waals surface area contributed by atoms with Gasteiger partial charge in [0.1, 0.15) is 11.3 Å². The second-order valence-corrected chi connectivity index (χ2v) is 5.39. The fraction of sp³-hybridized carbons (Fsp3) is 0.529. The van der Waals surface area contributed by atoms with Crippen molar-refractivity contribution >= 4 is 11.0 Å². The van der Waals surface area contributed by atoms with Gasteiger partial charge in [0, 0.05) is 17.5 Å². The normalized spacial score (nSPS) is 13.2. The van der Waals surface area contributed by atoms with Gasteiger partial charge >= 0.3 is 0 Å². The third-order valence-electron chi connectivity index (χ3n) is 3.48. The third kappa shape index (κ3) is 3.41. The first-order valence-electron chi connectivity index (χ1n) is 7.48. The Morgan fingerprint density at radius 1 is 1.20 bits per heavy atom. The molecule has 1 aromatic heterocycles. The molecule has 110 valence electrons. The Morgan fingerprint density at radius 2 is 1.95 bits per heavy atom. The quantitative estimate of drug-likeness (QED) is 0.773. The van der Waals surface area contributed by atoms with E-state index in [0.29, 0.717) is 0 Å². The second-order valence-electron chi connectivity index (χ2n) is 5.39. The molecule has 0 fully saturated rings. The van der Waals surface area contributed by atoms with E-state index >= 15 is 0 Å². The average Bonchev–Trinajstić information content (AvgIpc) is 2.81.